The maximum Gasteiger partial charge on any atom is 0.271 e. The number of rotatable bonds is 12. The molecule has 1 aromatic carbocycles. The van der Waals surface area contributed by atoms with Crippen molar-refractivity contribution < 1.29 is 28.4 Å². The normalized spacial score (nSPS) is 11.5. The first-order chi connectivity index (χ1) is 15.3. The Morgan fingerprint density at radius 1 is 1.19 bits per heavy atom. The fourth-order valence-electron chi connectivity index (χ4n) is 3.07. The highest BCUT2D eigenvalue weighted by Crippen LogP contribution is 2.21. The van der Waals surface area contributed by atoms with E-state index in [1.807, 2.05) is 6.92 Å². The van der Waals surface area contributed by atoms with Crippen LogP contribution in [0, 0.1) is 17.6 Å². The molecule has 0 aliphatic carbocycles. The van der Waals surface area contributed by atoms with E-state index in [0.717, 1.165) is 31.4 Å². The topological polar surface area (TPSA) is 112 Å². The summed E-state index contributed by atoms with van der Waals surface area (Å²) in [5.74, 6) is -3.17. The number of pyridine rings is 1. The monoisotopic (exact) mass is 448 g/mol. The van der Waals surface area contributed by atoms with Gasteiger partial charge in [-0.05, 0) is 30.7 Å². The van der Waals surface area contributed by atoms with Crippen molar-refractivity contribution in [1.82, 2.24) is 20.7 Å². The standard InChI is InChI=1S/C22H26F2N4O4/c1-2-3-4-6-15(12-28(32)14-29)21(30)25-13-26-22(31)20-8-5-7-19(27-20)17-10-9-16(23)11-18(17)24/h5,7-11,14-15,32H,2-4,6,12-13H2,1H3,(H,25,30)(H,26,31). The van der Waals surface area contributed by atoms with Crippen molar-refractivity contribution in [3.05, 3.63) is 53.7 Å². The molecule has 1 atom stereocenters. The Hall–Kier alpha value is -3.40. The van der Waals surface area contributed by atoms with E-state index in [9.17, 15) is 28.4 Å². The fourth-order valence-corrected chi connectivity index (χ4v) is 3.07. The highest BCUT2D eigenvalue weighted by atomic mass is 19.1. The van der Waals surface area contributed by atoms with Crippen molar-refractivity contribution in [2.45, 2.75) is 32.6 Å². The van der Waals surface area contributed by atoms with Gasteiger partial charge in [0, 0.05) is 11.6 Å². The fraction of sp³-hybridized carbons (Fsp3) is 0.364. The van der Waals surface area contributed by atoms with E-state index in [4.69, 9.17) is 0 Å². The average Bonchev–Trinajstić information content (AvgIpc) is 2.78. The molecule has 2 rings (SSSR count). The van der Waals surface area contributed by atoms with Gasteiger partial charge in [0.15, 0.2) is 0 Å². The smallest absolute Gasteiger partial charge is 0.271 e. The molecule has 8 nitrogen and oxygen atoms in total. The molecular weight excluding hydrogens is 422 g/mol. The molecule has 32 heavy (non-hydrogen) atoms. The van der Waals surface area contributed by atoms with Crippen molar-refractivity contribution in [2.24, 2.45) is 5.92 Å². The van der Waals surface area contributed by atoms with Crippen LogP contribution in [0.15, 0.2) is 36.4 Å². The van der Waals surface area contributed by atoms with E-state index in [0.29, 0.717) is 11.5 Å². The van der Waals surface area contributed by atoms with Crippen LogP contribution in [0.25, 0.3) is 11.3 Å². The summed E-state index contributed by atoms with van der Waals surface area (Å²) >= 11 is 0. The summed E-state index contributed by atoms with van der Waals surface area (Å²) in [4.78, 5) is 39.5. The minimum atomic E-state index is -0.801. The summed E-state index contributed by atoms with van der Waals surface area (Å²) in [6.07, 6.45) is 3.32. The molecule has 3 N–H and O–H groups in total. The lowest BCUT2D eigenvalue weighted by atomic mass is 10.0. The molecular formula is C22H26F2N4O4. The Morgan fingerprint density at radius 3 is 2.66 bits per heavy atom. The zero-order chi connectivity index (χ0) is 23.5. The summed E-state index contributed by atoms with van der Waals surface area (Å²) < 4.78 is 27.1. The summed E-state index contributed by atoms with van der Waals surface area (Å²) in [5.41, 5.74) is 0.197. The number of halogens is 2. The van der Waals surface area contributed by atoms with Gasteiger partial charge in [0.2, 0.25) is 12.3 Å². The Morgan fingerprint density at radius 2 is 1.97 bits per heavy atom. The molecule has 1 aromatic heterocycles. The van der Waals surface area contributed by atoms with Gasteiger partial charge in [-0.3, -0.25) is 19.6 Å². The summed E-state index contributed by atoms with van der Waals surface area (Å²) in [6, 6.07) is 7.48. The Bertz CT molecular complexity index is 942. The first kappa shape index (κ1) is 24.9. The Balaban J connectivity index is 1.96. The molecule has 10 heteroatoms. The number of carbonyl (C=O) groups excluding carboxylic acids is 3. The second-order valence-electron chi connectivity index (χ2n) is 7.18. The Labute approximate surface area is 184 Å². The minimum Gasteiger partial charge on any atom is -0.338 e. The van der Waals surface area contributed by atoms with Gasteiger partial charge in [-0.25, -0.2) is 18.8 Å². The molecule has 172 valence electrons. The summed E-state index contributed by atoms with van der Waals surface area (Å²) in [6.45, 7) is 1.66. The van der Waals surface area contributed by atoms with E-state index in [-0.39, 0.29) is 36.6 Å². The molecule has 0 fully saturated rings. The number of hydroxylamine groups is 2. The van der Waals surface area contributed by atoms with Crippen molar-refractivity contribution in [3.8, 4) is 11.3 Å². The van der Waals surface area contributed by atoms with Gasteiger partial charge in [0.1, 0.15) is 17.3 Å². The first-order valence-electron chi connectivity index (χ1n) is 10.2. The lowest BCUT2D eigenvalue weighted by Gasteiger charge is -2.19. The number of hydrogen-bond acceptors (Lipinski definition) is 5. The van der Waals surface area contributed by atoms with Gasteiger partial charge >= 0.3 is 0 Å². The third-order valence-electron chi connectivity index (χ3n) is 4.76. The molecule has 0 saturated heterocycles. The zero-order valence-electron chi connectivity index (χ0n) is 17.7. The Kier molecular flexibility index (Phi) is 9.68. The predicted octanol–water partition coefficient (Wildman–Crippen LogP) is 2.87. The van der Waals surface area contributed by atoms with E-state index in [1.165, 1.54) is 24.3 Å². The van der Waals surface area contributed by atoms with Crippen molar-refractivity contribution in [1.29, 1.82) is 0 Å². The lowest BCUT2D eigenvalue weighted by molar-refractivity contribution is -0.154. The molecule has 0 aliphatic heterocycles. The van der Waals surface area contributed by atoms with Gasteiger partial charge in [-0.1, -0.05) is 32.3 Å². The number of benzene rings is 1. The average molecular weight is 448 g/mol. The number of amides is 3. The zero-order valence-corrected chi connectivity index (χ0v) is 17.7. The van der Waals surface area contributed by atoms with E-state index in [1.54, 1.807) is 0 Å². The maximum atomic E-state index is 14.0. The molecule has 0 radical (unpaired) electrons. The van der Waals surface area contributed by atoms with Crippen LogP contribution in [0.4, 0.5) is 8.78 Å². The minimum absolute atomic E-state index is 0.0116. The van der Waals surface area contributed by atoms with Crippen molar-refractivity contribution in [3.63, 3.8) is 0 Å². The molecule has 3 amide bonds. The van der Waals surface area contributed by atoms with Crippen LogP contribution in [0.3, 0.4) is 0 Å². The molecule has 1 heterocycles. The second-order valence-corrected chi connectivity index (χ2v) is 7.18. The molecule has 0 aliphatic rings. The van der Waals surface area contributed by atoms with Gasteiger partial charge in [-0.2, -0.15) is 0 Å². The summed E-state index contributed by atoms with van der Waals surface area (Å²) in [5, 5.41) is 14.9. The third-order valence-corrected chi connectivity index (χ3v) is 4.76. The first-order valence-corrected chi connectivity index (χ1v) is 10.2. The number of unbranched alkanes of at least 4 members (excludes halogenated alkanes) is 2. The SMILES string of the molecule is CCCCCC(CN(O)C=O)C(=O)NCNC(=O)c1cccc(-c2ccc(F)cc2F)n1. The van der Waals surface area contributed by atoms with Gasteiger partial charge in [0.05, 0.1) is 24.8 Å². The highest BCUT2D eigenvalue weighted by molar-refractivity contribution is 5.93. The van der Waals surface area contributed by atoms with E-state index < -0.39 is 29.4 Å². The van der Waals surface area contributed by atoms with Gasteiger partial charge < -0.3 is 10.6 Å². The molecule has 2 aromatic rings. The van der Waals surface area contributed by atoms with Crippen LogP contribution in [-0.2, 0) is 9.59 Å². The van der Waals surface area contributed by atoms with E-state index in [2.05, 4.69) is 15.6 Å². The largest absolute Gasteiger partial charge is 0.338 e. The van der Waals surface area contributed by atoms with Crippen LogP contribution >= 0.6 is 0 Å². The summed E-state index contributed by atoms with van der Waals surface area (Å²) in [7, 11) is 0. The second kappa shape index (κ2) is 12.5. The lowest BCUT2D eigenvalue weighted by Crippen LogP contribution is -2.43. The number of nitrogens with zero attached hydrogens (tertiary/aromatic N) is 2. The number of hydrogen-bond donors (Lipinski definition) is 3. The molecule has 1 unspecified atom stereocenters. The van der Waals surface area contributed by atoms with Crippen LogP contribution in [0.1, 0.15) is 43.1 Å². The quantitative estimate of drug-likeness (QED) is 0.152. The number of carbonyl (C=O) groups is 3. The maximum absolute atomic E-state index is 14.0. The molecule has 0 spiro atoms. The van der Waals surface area contributed by atoms with Crippen molar-refractivity contribution >= 4 is 18.2 Å². The van der Waals surface area contributed by atoms with Gasteiger partial charge in [-0.15, -0.1) is 0 Å². The van der Waals surface area contributed by atoms with Crippen LogP contribution < -0.4 is 10.6 Å². The number of nitrogens with one attached hydrogen (secondary N) is 2. The predicted molar refractivity (Wildman–Crippen MR) is 112 cm³/mol. The molecule has 0 saturated carbocycles. The highest BCUT2D eigenvalue weighted by Gasteiger charge is 2.20. The van der Waals surface area contributed by atoms with Crippen molar-refractivity contribution in [2.75, 3.05) is 13.2 Å². The van der Waals surface area contributed by atoms with Crippen LogP contribution in [0.2, 0.25) is 0 Å². The molecule has 0 bridgehead atoms. The van der Waals surface area contributed by atoms with Crippen LogP contribution in [0.5, 0.6) is 0 Å². The van der Waals surface area contributed by atoms with Crippen LogP contribution in [-0.4, -0.2) is 46.7 Å². The van der Waals surface area contributed by atoms with E-state index >= 15 is 0 Å². The number of aromatic nitrogens is 1. The van der Waals surface area contributed by atoms with Gasteiger partial charge in [0.25, 0.3) is 5.91 Å². The third kappa shape index (κ3) is 7.38.